The fraction of sp³-hybridized carbons (Fsp3) is 0.235. The van der Waals surface area contributed by atoms with E-state index in [9.17, 15) is 18.0 Å². The summed E-state index contributed by atoms with van der Waals surface area (Å²) in [6, 6.07) is 14.1. The normalized spacial score (nSPS) is 21.2. The molecule has 3 nitrogen and oxygen atoms in total. The number of hydrogen-bond donors (Lipinski definition) is 1. The van der Waals surface area contributed by atoms with Gasteiger partial charge in [0.25, 0.3) is 5.91 Å². The van der Waals surface area contributed by atoms with Gasteiger partial charge in [-0.25, -0.2) is 5.01 Å². The Bertz CT molecular complexity index is 719. The molecule has 24 heavy (non-hydrogen) atoms. The third-order valence-electron chi connectivity index (χ3n) is 3.70. The Hall–Kier alpha value is -2.15. The van der Waals surface area contributed by atoms with Crippen molar-refractivity contribution in [1.29, 1.82) is 0 Å². The van der Waals surface area contributed by atoms with E-state index in [0.717, 1.165) is 17.8 Å². The van der Waals surface area contributed by atoms with E-state index in [1.165, 1.54) is 28.9 Å². The largest absolute Gasteiger partial charge is 0.416 e. The molecule has 2 atom stereocenters. The molecule has 0 radical (unpaired) electrons. The summed E-state index contributed by atoms with van der Waals surface area (Å²) in [5.41, 5.74) is 3.75. The quantitative estimate of drug-likeness (QED) is 0.869. The highest BCUT2D eigenvalue weighted by Gasteiger charge is 2.39. The van der Waals surface area contributed by atoms with Crippen LogP contribution in [0, 0.1) is 0 Å². The zero-order valence-corrected chi connectivity index (χ0v) is 13.6. The minimum atomic E-state index is -4.37. The molecule has 0 bridgehead atoms. The van der Waals surface area contributed by atoms with Crippen molar-refractivity contribution in [3.63, 3.8) is 0 Å². The fourth-order valence-electron chi connectivity index (χ4n) is 2.45. The standard InChI is InChI=1S/C17H15F3N2OS/c1-11-15(23)22(21-14-5-3-2-4-6-14)16(24-11)12-7-9-13(10-8-12)17(18,19)20/h2-11,16,21H,1H3. The topological polar surface area (TPSA) is 32.3 Å². The second kappa shape index (κ2) is 6.39. The van der Waals surface area contributed by atoms with Crippen LogP contribution >= 0.6 is 11.8 Å². The van der Waals surface area contributed by atoms with Crippen molar-refractivity contribution >= 4 is 23.4 Å². The average Bonchev–Trinajstić information content (AvgIpc) is 2.84. The summed E-state index contributed by atoms with van der Waals surface area (Å²) >= 11 is 1.40. The number of halogens is 3. The SMILES string of the molecule is CC1SC(c2ccc(C(F)(F)F)cc2)N(Nc2ccccc2)C1=O. The molecule has 1 fully saturated rings. The maximum absolute atomic E-state index is 12.7. The molecule has 0 aromatic heterocycles. The molecule has 1 aliphatic rings. The Balaban J connectivity index is 1.86. The van der Waals surface area contributed by atoms with Gasteiger partial charge in [-0.15, -0.1) is 11.8 Å². The number of anilines is 1. The number of nitrogens with one attached hydrogen (secondary N) is 1. The lowest BCUT2D eigenvalue weighted by Gasteiger charge is -2.25. The van der Waals surface area contributed by atoms with Gasteiger partial charge in [-0.2, -0.15) is 13.2 Å². The molecule has 1 heterocycles. The summed E-state index contributed by atoms with van der Waals surface area (Å²) in [5.74, 6) is -0.103. The van der Waals surface area contributed by atoms with E-state index in [-0.39, 0.29) is 16.5 Å². The number of nitrogens with zero attached hydrogens (tertiary/aromatic N) is 1. The maximum Gasteiger partial charge on any atom is 0.416 e. The summed E-state index contributed by atoms with van der Waals surface area (Å²) in [5, 5.41) is 0.830. The first-order chi connectivity index (χ1) is 11.4. The van der Waals surface area contributed by atoms with Crippen LogP contribution in [0.15, 0.2) is 54.6 Å². The minimum absolute atomic E-state index is 0.103. The third kappa shape index (κ3) is 3.36. The van der Waals surface area contributed by atoms with E-state index in [0.29, 0.717) is 5.56 Å². The zero-order valence-electron chi connectivity index (χ0n) is 12.7. The lowest BCUT2D eigenvalue weighted by Crippen LogP contribution is -2.35. The van der Waals surface area contributed by atoms with Gasteiger partial charge in [-0.3, -0.25) is 10.2 Å². The molecule has 2 aromatic carbocycles. The van der Waals surface area contributed by atoms with Gasteiger partial charge in [-0.05, 0) is 36.8 Å². The Morgan fingerprint density at radius 1 is 1.04 bits per heavy atom. The van der Waals surface area contributed by atoms with Gasteiger partial charge in [0.15, 0.2) is 0 Å². The van der Waals surface area contributed by atoms with Gasteiger partial charge in [-0.1, -0.05) is 30.3 Å². The highest BCUT2D eigenvalue weighted by Crippen LogP contribution is 2.43. The maximum atomic E-state index is 12.7. The molecule has 3 rings (SSSR count). The van der Waals surface area contributed by atoms with Gasteiger partial charge >= 0.3 is 6.18 Å². The van der Waals surface area contributed by atoms with Crippen LogP contribution in [0.3, 0.4) is 0 Å². The molecular weight excluding hydrogens is 337 g/mol. The Kier molecular flexibility index (Phi) is 4.45. The van der Waals surface area contributed by atoms with Crippen LogP contribution in [0.1, 0.15) is 23.4 Å². The molecule has 1 saturated heterocycles. The number of carbonyl (C=O) groups is 1. The molecule has 7 heteroatoms. The van der Waals surface area contributed by atoms with E-state index < -0.39 is 11.7 Å². The van der Waals surface area contributed by atoms with Crippen molar-refractivity contribution < 1.29 is 18.0 Å². The van der Waals surface area contributed by atoms with Gasteiger partial charge in [0, 0.05) is 0 Å². The van der Waals surface area contributed by atoms with Gasteiger partial charge in [0.05, 0.1) is 16.5 Å². The number of hydrazine groups is 1. The number of benzene rings is 2. The molecule has 0 saturated carbocycles. The number of amides is 1. The summed E-state index contributed by atoms with van der Waals surface area (Å²) in [7, 11) is 0. The van der Waals surface area contributed by atoms with Gasteiger partial charge in [0.1, 0.15) is 5.37 Å². The van der Waals surface area contributed by atoms with Crippen molar-refractivity contribution in [2.24, 2.45) is 0 Å². The second-order valence-corrected chi connectivity index (χ2v) is 6.86. The molecule has 1 N–H and O–H groups in total. The number of para-hydroxylation sites is 1. The molecule has 0 spiro atoms. The lowest BCUT2D eigenvalue weighted by atomic mass is 10.1. The summed E-state index contributed by atoms with van der Waals surface area (Å²) in [6.45, 7) is 1.79. The Labute approximate surface area is 141 Å². The zero-order chi connectivity index (χ0) is 17.3. The van der Waals surface area contributed by atoms with Crippen LogP contribution in [0.25, 0.3) is 0 Å². The molecule has 0 aliphatic carbocycles. The summed E-state index contributed by atoms with van der Waals surface area (Å²) < 4.78 is 38.1. The highest BCUT2D eigenvalue weighted by atomic mass is 32.2. The van der Waals surface area contributed by atoms with Gasteiger partial charge < -0.3 is 0 Å². The van der Waals surface area contributed by atoms with Crippen LogP contribution in [0.2, 0.25) is 0 Å². The first-order valence-corrected chi connectivity index (χ1v) is 8.28. The van der Waals surface area contributed by atoms with Crippen LogP contribution in [-0.2, 0) is 11.0 Å². The van der Waals surface area contributed by atoms with Crippen LogP contribution in [0.5, 0.6) is 0 Å². The minimum Gasteiger partial charge on any atom is -0.295 e. The van der Waals surface area contributed by atoms with E-state index >= 15 is 0 Å². The van der Waals surface area contributed by atoms with Crippen molar-refractivity contribution in [1.82, 2.24) is 5.01 Å². The molecule has 1 aliphatic heterocycles. The van der Waals surface area contributed by atoms with Crippen molar-refractivity contribution in [3.8, 4) is 0 Å². The summed E-state index contributed by atoms with van der Waals surface area (Å²) in [4.78, 5) is 12.4. The Morgan fingerprint density at radius 2 is 1.67 bits per heavy atom. The first kappa shape index (κ1) is 16.7. The predicted octanol–water partition coefficient (Wildman–Crippen LogP) is 4.70. The van der Waals surface area contributed by atoms with E-state index in [1.54, 1.807) is 6.92 Å². The lowest BCUT2D eigenvalue weighted by molar-refractivity contribution is -0.137. The van der Waals surface area contributed by atoms with Crippen molar-refractivity contribution in [3.05, 3.63) is 65.7 Å². The molecule has 126 valence electrons. The summed E-state index contributed by atoms with van der Waals surface area (Å²) in [6.07, 6.45) is -4.37. The number of hydrogen-bond acceptors (Lipinski definition) is 3. The average molecular weight is 352 g/mol. The van der Waals surface area contributed by atoms with Crippen LogP contribution in [-0.4, -0.2) is 16.2 Å². The Morgan fingerprint density at radius 3 is 2.25 bits per heavy atom. The van der Waals surface area contributed by atoms with Crippen molar-refractivity contribution in [2.75, 3.05) is 5.43 Å². The molecular formula is C17H15F3N2OS. The van der Waals surface area contributed by atoms with Crippen LogP contribution < -0.4 is 5.43 Å². The molecule has 2 unspecified atom stereocenters. The van der Waals surface area contributed by atoms with Crippen LogP contribution in [0.4, 0.5) is 18.9 Å². The van der Waals surface area contributed by atoms with Gasteiger partial charge in [0.2, 0.25) is 0 Å². The number of alkyl halides is 3. The molecule has 1 amide bonds. The predicted molar refractivity (Wildman–Crippen MR) is 88.1 cm³/mol. The van der Waals surface area contributed by atoms with E-state index in [2.05, 4.69) is 5.43 Å². The van der Waals surface area contributed by atoms with Crippen molar-refractivity contribution in [2.45, 2.75) is 23.7 Å². The third-order valence-corrected chi connectivity index (χ3v) is 5.05. The number of thioether (sulfide) groups is 1. The smallest absolute Gasteiger partial charge is 0.295 e. The fourth-order valence-corrected chi connectivity index (χ4v) is 3.66. The molecule has 2 aromatic rings. The number of carbonyl (C=O) groups excluding carboxylic acids is 1. The monoisotopic (exact) mass is 352 g/mol. The van der Waals surface area contributed by atoms with E-state index in [4.69, 9.17) is 0 Å². The van der Waals surface area contributed by atoms with E-state index in [1.807, 2.05) is 30.3 Å². The number of rotatable bonds is 3. The highest BCUT2D eigenvalue weighted by molar-refractivity contribution is 8.01. The second-order valence-electron chi connectivity index (χ2n) is 5.44. The first-order valence-electron chi connectivity index (χ1n) is 7.33.